The first-order valence-electron chi connectivity index (χ1n) is 10.5. The van der Waals surface area contributed by atoms with Crippen molar-refractivity contribution in [3.05, 3.63) is 76.3 Å². The van der Waals surface area contributed by atoms with Gasteiger partial charge in [0.1, 0.15) is 12.3 Å². The number of rotatable bonds is 10. The van der Waals surface area contributed by atoms with Gasteiger partial charge in [-0.05, 0) is 37.3 Å². The molecule has 0 aromatic heterocycles. The van der Waals surface area contributed by atoms with Crippen molar-refractivity contribution in [2.75, 3.05) is 37.5 Å². The molecule has 0 aliphatic carbocycles. The van der Waals surface area contributed by atoms with Gasteiger partial charge in [-0.3, -0.25) is 19.2 Å². The molecule has 0 aliphatic heterocycles. The maximum Gasteiger partial charge on any atom is 0.271 e. The Hall–Kier alpha value is -4.32. The minimum atomic E-state index is -4.20. The Morgan fingerprint density at radius 1 is 0.917 bits per heavy atom. The summed E-state index contributed by atoms with van der Waals surface area (Å²) < 4.78 is 43.8. The summed E-state index contributed by atoms with van der Waals surface area (Å²) in [5.41, 5.74) is 0.767. The van der Waals surface area contributed by atoms with Gasteiger partial charge in [-0.2, -0.15) is 0 Å². The minimum absolute atomic E-state index is 0.0244. The predicted molar refractivity (Wildman–Crippen MR) is 134 cm³/mol. The molecule has 11 nitrogen and oxygen atoms in total. The highest BCUT2D eigenvalue weighted by molar-refractivity contribution is 7.92. The standard InChI is InChI=1S/C24H25N3O8S/c1-16-5-9-19(10-6-16)36(31,32)26(17-7-12-22(34-3)23(14-17)35-4)15-24(28)25-20-13-18(27(29)30)8-11-21(20)33-2/h5-14H,15H2,1-4H3,(H,25,28). The second-order valence-electron chi connectivity index (χ2n) is 7.55. The molecule has 0 saturated carbocycles. The smallest absolute Gasteiger partial charge is 0.271 e. The first-order chi connectivity index (χ1) is 17.1. The molecule has 1 amide bonds. The summed E-state index contributed by atoms with van der Waals surface area (Å²) in [6, 6.07) is 14.3. The normalized spacial score (nSPS) is 10.9. The number of carbonyl (C=O) groups is 1. The van der Waals surface area contributed by atoms with Crippen LogP contribution >= 0.6 is 0 Å². The Kier molecular flexibility index (Phi) is 8.00. The maximum atomic E-state index is 13.6. The van der Waals surface area contributed by atoms with Crippen LogP contribution in [0.3, 0.4) is 0 Å². The van der Waals surface area contributed by atoms with Crippen LogP contribution in [0, 0.1) is 17.0 Å². The predicted octanol–water partition coefficient (Wildman–Crippen LogP) is 3.76. The molecule has 3 aromatic carbocycles. The molecule has 36 heavy (non-hydrogen) atoms. The number of hydrogen-bond donors (Lipinski definition) is 1. The Morgan fingerprint density at radius 2 is 1.53 bits per heavy atom. The summed E-state index contributed by atoms with van der Waals surface area (Å²) >= 11 is 0. The number of carbonyl (C=O) groups excluding carboxylic acids is 1. The van der Waals surface area contributed by atoms with Gasteiger partial charge in [-0.1, -0.05) is 17.7 Å². The van der Waals surface area contributed by atoms with E-state index in [1.807, 2.05) is 6.92 Å². The van der Waals surface area contributed by atoms with Crippen LogP contribution in [0.4, 0.5) is 17.1 Å². The van der Waals surface area contributed by atoms with E-state index in [2.05, 4.69) is 5.32 Å². The van der Waals surface area contributed by atoms with Crippen molar-refractivity contribution in [1.29, 1.82) is 0 Å². The lowest BCUT2D eigenvalue weighted by Crippen LogP contribution is -2.38. The van der Waals surface area contributed by atoms with Crippen LogP contribution in [0.15, 0.2) is 65.6 Å². The highest BCUT2D eigenvalue weighted by Gasteiger charge is 2.28. The van der Waals surface area contributed by atoms with Gasteiger partial charge >= 0.3 is 0 Å². The van der Waals surface area contributed by atoms with Crippen molar-refractivity contribution in [3.8, 4) is 17.2 Å². The molecule has 12 heteroatoms. The second-order valence-corrected chi connectivity index (χ2v) is 9.42. The molecule has 190 valence electrons. The fraction of sp³-hybridized carbons (Fsp3) is 0.208. The van der Waals surface area contributed by atoms with E-state index in [9.17, 15) is 23.3 Å². The Morgan fingerprint density at radius 3 is 2.11 bits per heavy atom. The third-order valence-electron chi connectivity index (χ3n) is 5.22. The molecule has 0 aliphatic rings. The number of nitrogens with one attached hydrogen (secondary N) is 1. The monoisotopic (exact) mass is 515 g/mol. The topological polar surface area (TPSA) is 137 Å². The zero-order valence-electron chi connectivity index (χ0n) is 20.0. The third kappa shape index (κ3) is 5.66. The van der Waals surface area contributed by atoms with Crippen LogP contribution in [0.1, 0.15) is 5.56 Å². The van der Waals surface area contributed by atoms with Gasteiger partial charge in [-0.25, -0.2) is 8.42 Å². The highest BCUT2D eigenvalue weighted by Crippen LogP contribution is 2.34. The molecule has 0 unspecified atom stereocenters. The molecule has 0 bridgehead atoms. The van der Waals surface area contributed by atoms with Crippen molar-refractivity contribution in [3.63, 3.8) is 0 Å². The molecular weight excluding hydrogens is 490 g/mol. The fourth-order valence-corrected chi connectivity index (χ4v) is 4.77. The third-order valence-corrected chi connectivity index (χ3v) is 7.01. The number of nitro groups is 1. The Balaban J connectivity index is 2.03. The number of amides is 1. The van der Waals surface area contributed by atoms with E-state index in [0.717, 1.165) is 15.9 Å². The average molecular weight is 516 g/mol. The van der Waals surface area contributed by atoms with Gasteiger partial charge in [0.05, 0.1) is 42.5 Å². The molecule has 1 N–H and O–H groups in total. The van der Waals surface area contributed by atoms with E-state index >= 15 is 0 Å². The number of aryl methyl sites for hydroxylation is 1. The van der Waals surface area contributed by atoms with E-state index in [4.69, 9.17) is 14.2 Å². The van der Waals surface area contributed by atoms with Crippen LogP contribution in [0.2, 0.25) is 0 Å². The zero-order valence-corrected chi connectivity index (χ0v) is 20.9. The summed E-state index contributed by atoms with van der Waals surface area (Å²) in [7, 11) is -0.0144. The second kappa shape index (κ2) is 11.0. The van der Waals surface area contributed by atoms with Crippen LogP contribution in [0.5, 0.6) is 17.2 Å². The number of sulfonamides is 1. The van der Waals surface area contributed by atoms with Gasteiger partial charge in [-0.15, -0.1) is 0 Å². The molecule has 3 rings (SSSR count). The van der Waals surface area contributed by atoms with Gasteiger partial charge in [0.2, 0.25) is 5.91 Å². The highest BCUT2D eigenvalue weighted by atomic mass is 32.2. The van der Waals surface area contributed by atoms with Gasteiger partial charge in [0.15, 0.2) is 11.5 Å². The van der Waals surface area contributed by atoms with Crippen molar-refractivity contribution >= 4 is 33.0 Å². The summed E-state index contributed by atoms with van der Waals surface area (Å²) in [6.45, 7) is 1.18. The minimum Gasteiger partial charge on any atom is -0.495 e. The molecule has 0 atom stereocenters. The van der Waals surface area contributed by atoms with Crippen molar-refractivity contribution < 1.29 is 32.3 Å². The summed E-state index contributed by atoms with van der Waals surface area (Å²) in [6.07, 6.45) is 0. The lowest BCUT2D eigenvalue weighted by Gasteiger charge is -2.25. The SMILES string of the molecule is COc1ccc([N+](=O)[O-])cc1NC(=O)CN(c1ccc(OC)c(OC)c1)S(=O)(=O)c1ccc(C)cc1. The Bertz CT molecular complexity index is 1370. The van der Waals surface area contributed by atoms with E-state index in [-0.39, 0.29) is 33.5 Å². The van der Waals surface area contributed by atoms with E-state index < -0.39 is 27.4 Å². The number of ether oxygens (including phenoxy) is 3. The van der Waals surface area contributed by atoms with E-state index in [1.165, 1.54) is 63.8 Å². The molecule has 0 spiro atoms. The van der Waals surface area contributed by atoms with Gasteiger partial charge in [0, 0.05) is 18.2 Å². The van der Waals surface area contributed by atoms with Crippen LogP contribution in [-0.2, 0) is 14.8 Å². The lowest BCUT2D eigenvalue weighted by molar-refractivity contribution is -0.384. The average Bonchev–Trinajstić information content (AvgIpc) is 2.86. The molecule has 0 radical (unpaired) electrons. The largest absolute Gasteiger partial charge is 0.495 e. The van der Waals surface area contributed by atoms with Gasteiger partial charge in [0.25, 0.3) is 15.7 Å². The van der Waals surface area contributed by atoms with Crippen molar-refractivity contribution in [2.45, 2.75) is 11.8 Å². The lowest BCUT2D eigenvalue weighted by atomic mass is 10.2. The quantitative estimate of drug-likeness (QED) is 0.318. The first kappa shape index (κ1) is 26.3. The number of methoxy groups -OCH3 is 3. The first-order valence-corrected chi connectivity index (χ1v) is 12.0. The number of nitro benzene ring substituents is 1. The summed E-state index contributed by atoms with van der Waals surface area (Å²) in [5, 5.41) is 13.7. The van der Waals surface area contributed by atoms with Crippen LogP contribution in [0.25, 0.3) is 0 Å². The van der Waals surface area contributed by atoms with Crippen LogP contribution < -0.4 is 23.8 Å². The molecule has 0 saturated heterocycles. The summed E-state index contributed by atoms with van der Waals surface area (Å²) in [5.74, 6) is 0.0619. The Labute approximate surface area is 208 Å². The molecule has 3 aromatic rings. The molecule has 0 fully saturated rings. The molecular formula is C24H25N3O8S. The van der Waals surface area contributed by atoms with Gasteiger partial charge < -0.3 is 19.5 Å². The van der Waals surface area contributed by atoms with Crippen molar-refractivity contribution in [2.24, 2.45) is 0 Å². The maximum absolute atomic E-state index is 13.6. The summed E-state index contributed by atoms with van der Waals surface area (Å²) in [4.78, 5) is 23.6. The number of hydrogen-bond acceptors (Lipinski definition) is 8. The number of anilines is 2. The number of benzene rings is 3. The van der Waals surface area contributed by atoms with Crippen LogP contribution in [-0.4, -0.2) is 47.1 Å². The number of non-ortho nitro benzene ring substituents is 1. The van der Waals surface area contributed by atoms with Crippen molar-refractivity contribution in [1.82, 2.24) is 0 Å². The molecule has 0 heterocycles. The fourth-order valence-electron chi connectivity index (χ4n) is 3.36. The van der Waals surface area contributed by atoms with E-state index in [0.29, 0.717) is 5.75 Å². The zero-order chi connectivity index (χ0) is 26.5. The van der Waals surface area contributed by atoms with E-state index in [1.54, 1.807) is 12.1 Å². The number of nitrogens with zero attached hydrogens (tertiary/aromatic N) is 2.